The molecule has 4 fully saturated rings. The van der Waals surface area contributed by atoms with Crippen molar-refractivity contribution < 1.29 is 58.6 Å². The predicted molar refractivity (Wildman–Crippen MR) is 591 cm³/mol. The van der Waals surface area contributed by atoms with E-state index in [9.17, 15) is 52.1 Å². The van der Waals surface area contributed by atoms with Gasteiger partial charge in [0, 0.05) is 69.7 Å². The average Bonchev–Trinajstić information content (AvgIpc) is 1.56. The molecule has 4 aliphatic rings. The number of aryl methyl sites for hydroxylation is 3. The Morgan fingerprint density at radius 2 is 0.913 bits per heavy atom. The molecule has 36 heteroatoms. The molecule has 7 heterocycles. The summed E-state index contributed by atoms with van der Waals surface area (Å²) in [6.45, 7) is 29.6. The molecule has 0 aliphatic heterocycles. The van der Waals surface area contributed by atoms with Gasteiger partial charge in [0.05, 0.1) is 86.5 Å². The number of carbonyl (C=O) groups excluding carboxylic acids is 3. The molecular weight excluding hydrogens is 2010 g/mol. The fourth-order valence-corrected chi connectivity index (χ4v) is 27.1. The topological polar surface area (TPSA) is 426 Å². The molecule has 28 nitrogen and oxygen atoms in total. The average molecular weight is 2150 g/mol. The van der Waals surface area contributed by atoms with Gasteiger partial charge >= 0.3 is 29.0 Å². The Hall–Kier alpha value is -13.5. The number of aromatic carboxylic acids is 1. The van der Waals surface area contributed by atoms with E-state index in [-0.39, 0.29) is 87.2 Å². The van der Waals surface area contributed by atoms with E-state index in [4.69, 9.17) is 39.9 Å². The van der Waals surface area contributed by atoms with Crippen LogP contribution in [0.25, 0.3) is 21.9 Å². The minimum Gasteiger partial charge on any atom is -1.00 e. The van der Waals surface area contributed by atoms with Gasteiger partial charge in [0.15, 0.2) is 17.2 Å². The van der Waals surface area contributed by atoms with E-state index in [1.54, 1.807) is 167 Å². The number of anilines is 4. The van der Waals surface area contributed by atoms with Crippen LogP contribution >= 0.6 is 17.0 Å². The van der Waals surface area contributed by atoms with Crippen LogP contribution in [0.4, 0.5) is 46.0 Å². The number of carbonyl (C=O) groups is 4. The zero-order chi connectivity index (χ0) is 106. The summed E-state index contributed by atoms with van der Waals surface area (Å²) >= 11 is 0. The van der Waals surface area contributed by atoms with Crippen molar-refractivity contribution in [2.75, 3.05) is 46.8 Å². The number of ketones is 1. The molecular formula is C114H133BrF4MgN20O8Si2. The van der Waals surface area contributed by atoms with Crippen LogP contribution in [0, 0.1) is 91.7 Å². The van der Waals surface area contributed by atoms with E-state index in [0.29, 0.717) is 148 Å². The van der Waals surface area contributed by atoms with Crippen LogP contribution in [-0.4, -0.2) is 159 Å². The Kier molecular flexibility index (Phi) is 43.7. The first kappa shape index (κ1) is 118. The summed E-state index contributed by atoms with van der Waals surface area (Å²) in [7, 11) is -3.12. The smallest absolute Gasteiger partial charge is 1.00 e. The Morgan fingerprint density at radius 1 is 0.507 bits per heavy atom. The molecule has 2 amide bonds. The van der Waals surface area contributed by atoms with Gasteiger partial charge in [-0.1, -0.05) is 169 Å². The van der Waals surface area contributed by atoms with Crippen molar-refractivity contribution >= 4 is 109 Å². The third kappa shape index (κ3) is 33.5. The number of nitrogens with zero attached hydrogens (tertiary/aromatic N) is 13. The number of hydrogen-bond donors (Lipinski definition) is 11. The van der Waals surface area contributed by atoms with Gasteiger partial charge in [-0.15, -0.1) is 23.0 Å². The van der Waals surface area contributed by atoms with Crippen molar-refractivity contribution in [2.24, 2.45) is 40.9 Å². The molecule has 3 unspecified atom stereocenters. The standard InChI is InChI=1S/C29H26FN5O2.C29H30FN5O2.C17H19FN2O.C12H21FNSi2.C12H9N3O2.C11H13NO.C4H13N3.BrH.Mg.H/c1-19-16-26(35(34-19)23-7-5-6-22(18-23)31-2)28(36)33-25-17-21(11-12-24(25)30)29(37,14-13-20-9-10-20)27-8-3-4-15-32-27;1-19-15-26(35(34-19)23-6-4-5-21(16-23)18-31)28(36)33-25-17-22(10-11-24(25)30)29(37,13-12-20-8-9-20)27-7-2-3-14-32-27;18-14-7-6-13(11-15(14)19)17(21,9-8-12-4-5-12)16-3-1-2-10-20-16;1-15(2,3)14(16(4,5)6)12-10-8-7-9-11(12)13;1-8-5-11(12(16)17)15(14-8)10-4-2-3-9(6-10)7-13;13-11(7-6-9-4-5-9)10-3-1-2-8-12-10;5-1-3-7-4-2-6;;;/h3-8,11-12,15-18,20,37H,9-10,13-14H2,1H3,(H,33,36);2-7,10-11,14-17,20,37H,8-9,12-13,18,31H2,1H3,(H,33,36);1-3,6-7,10-12,21H,4-5,8-9,19H2;7,9-10H,1-6H3;2-6H,1H3,(H,16,17);1-3,8-9H,4-7H2;7H,1-6H2;1H;;/q;;;-1;;;;;+2;-1. The molecule has 7 aromatic carbocycles. The number of aliphatic hydroxyl groups is 3. The number of halogens is 5. The van der Waals surface area contributed by atoms with E-state index in [1.807, 2.05) is 66.7 Å². The van der Waals surface area contributed by atoms with Crippen LogP contribution in [0.5, 0.6) is 0 Å². The van der Waals surface area contributed by atoms with Gasteiger partial charge in [0.1, 0.15) is 67.8 Å². The third-order valence-electron chi connectivity index (χ3n) is 25.4. The zero-order valence-corrected chi connectivity index (χ0v) is 91.3. The maximum Gasteiger partial charge on any atom is 2.00 e. The van der Waals surface area contributed by atoms with Crippen LogP contribution in [-0.2, 0) is 23.3 Å². The van der Waals surface area contributed by atoms with Crippen LogP contribution in [0.15, 0.2) is 261 Å². The normalized spacial score (nSPS) is 14.0. The number of nitriles is 1. The fourth-order valence-electron chi connectivity index (χ4n) is 17.3. The van der Waals surface area contributed by atoms with Gasteiger partial charge in [0.2, 0.25) is 0 Å². The Balaban J connectivity index is 0.000000205. The molecule has 3 atom stereocenters. The Labute approximate surface area is 904 Å². The molecule has 18 rings (SSSR count). The number of carboxylic acid groups (broad SMARTS) is 1. The summed E-state index contributed by atoms with van der Waals surface area (Å²) in [5, 5.41) is 74.0. The van der Waals surface area contributed by atoms with Crippen LogP contribution < -0.4 is 43.1 Å². The third-order valence-corrected chi connectivity index (χ3v) is 32.6. The maximum atomic E-state index is 14.9. The van der Waals surface area contributed by atoms with Crippen LogP contribution in [0.3, 0.4) is 0 Å². The van der Waals surface area contributed by atoms with Crippen molar-refractivity contribution in [3.8, 4) is 23.1 Å². The van der Waals surface area contributed by atoms with Gasteiger partial charge in [-0.05, 0) is 257 Å². The summed E-state index contributed by atoms with van der Waals surface area (Å²) < 4.78 is 63.8. The maximum absolute atomic E-state index is 14.9. The van der Waals surface area contributed by atoms with Crippen molar-refractivity contribution in [1.29, 1.82) is 5.26 Å². The fraction of sp³-hybridized carbons (Fsp3) is 0.325. The molecule has 782 valence electrons. The first-order chi connectivity index (χ1) is 70.9. The van der Waals surface area contributed by atoms with Crippen molar-refractivity contribution in [1.82, 2.24) is 54.6 Å². The van der Waals surface area contributed by atoms with E-state index in [1.165, 1.54) is 94.3 Å². The quantitative estimate of drug-likeness (QED) is 0.00439. The largest absolute Gasteiger partial charge is 2.00 e. The second-order valence-corrected chi connectivity index (χ2v) is 49.5. The van der Waals surface area contributed by atoms with Crippen molar-refractivity contribution in [3.05, 3.63) is 387 Å². The monoisotopic (exact) mass is 2140 g/mol. The number of pyridine rings is 4. The molecule has 7 aromatic heterocycles. The number of amides is 2. The Bertz CT molecular complexity index is 6890. The molecule has 4 aliphatic carbocycles. The molecule has 15 N–H and O–H groups in total. The summed E-state index contributed by atoms with van der Waals surface area (Å²) in [6.07, 6.45) is 22.1. The number of rotatable bonds is 35. The minimum atomic E-state index is -1.56. The minimum absolute atomic E-state index is 0. The second-order valence-electron chi connectivity index (χ2n) is 39.4. The molecule has 14 aromatic rings. The van der Waals surface area contributed by atoms with Gasteiger partial charge < -0.3 is 65.0 Å². The number of benzene rings is 7. The summed E-state index contributed by atoms with van der Waals surface area (Å²) in [4.78, 5) is 69.7. The second kappa shape index (κ2) is 55.4. The van der Waals surface area contributed by atoms with Crippen LogP contribution in [0.1, 0.15) is 208 Å². The van der Waals surface area contributed by atoms with Crippen molar-refractivity contribution in [3.63, 3.8) is 0 Å². The first-order valence-corrected chi connectivity index (χ1v) is 56.7. The summed E-state index contributed by atoms with van der Waals surface area (Å²) in [5.74, 6) is -1.07. The SMILES string of the molecule is Br.C[Si](C)(C)N(c1c[c-]ccc1F)[Si](C)(C)C.Cc1cc(C(=O)Nc2cc(C(O)(CCC3CC3)c3ccccn3)ccc2F)n(-c2cccc(CN)c2)n1.Cc1cc(C(=O)O)n(-c2cccc(C#N)c2)n1.NCCNCCN.Nc1cc(C(O)(CCC2CC2)c2ccccn2)ccc1F.O=C(CCC1CC1)c1ccccn1.[C-]#[N+]c1cccc(-n2nc(C)cc2C(=O)Nc2cc(C(O)(CCC3CC3)c3ccccn3)ccc2F)c1.[H-].[Mg+2]. The molecule has 0 bridgehead atoms. The number of Topliss-reactive ketones (excluding diaryl/α,β-unsaturated/α-hetero) is 1. The van der Waals surface area contributed by atoms with E-state index in [2.05, 4.69) is 106 Å². The van der Waals surface area contributed by atoms with Crippen LogP contribution in [0.2, 0.25) is 39.3 Å². The number of nitrogens with two attached hydrogens (primary N) is 4. The molecule has 4 saturated carbocycles. The first-order valence-electron chi connectivity index (χ1n) is 49.8. The van der Waals surface area contributed by atoms with Gasteiger partial charge in [-0.3, -0.25) is 34.3 Å². The van der Waals surface area contributed by atoms with E-state index >= 15 is 0 Å². The van der Waals surface area contributed by atoms with E-state index in [0.717, 1.165) is 81.6 Å². The number of aromatic nitrogens is 10. The molecule has 0 spiro atoms. The van der Waals surface area contributed by atoms with Gasteiger partial charge in [-0.25, -0.2) is 41.2 Å². The van der Waals surface area contributed by atoms with Gasteiger partial charge in [-0.2, -0.15) is 38.8 Å². The Morgan fingerprint density at radius 3 is 1.31 bits per heavy atom. The van der Waals surface area contributed by atoms with E-state index < -0.39 is 68.5 Å². The predicted octanol–water partition coefficient (Wildman–Crippen LogP) is 21.1. The van der Waals surface area contributed by atoms with Gasteiger partial charge in [0.25, 0.3) is 11.8 Å². The number of nitrogens with one attached hydrogen (secondary N) is 3. The van der Waals surface area contributed by atoms with Crippen molar-refractivity contribution in [2.45, 2.75) is 186 Å². The number of hydrogen-bond acceptors (Lipinski definition) is 21. The summed E-state index contributed by atoms with van der Waals surface area (Å²) in [6, 6.07) is 70.1. The number of carboxylic acids is 1. The molecule has 0 radical (unpaired) electrons. The molecule has 0 saturated heterocycles. The summed E-state index contributed by atoms with van der Waals surface area (Å²) in [5.41, 5.74) is 28.1. The molecule has 150 heavy (non-hydrogen) atoms. The zero-order valence-electron chi connectivity index (χ0n) is 87.2. The number of nitrogen functional groups attached to an aromatic ring is 1.